The van der Waals surface area contributed by atoms with Crippen LogP contribution in [0.4, 0.5) is 0 Å². The van der Waals surface area contributed by atoms with Crippen molar-refractivity contribution in [1.82, 2.24) is 0 Å². The van der Waals surface area contributed by atoms with E-state index in [1.165, 1.54) is 0 Å². The van der Waals surface area contributed by atoms with Crippen molar-refractivity contribution in [2.45, 2.75) is 34.6 Å². The Morgan fingerprint density at radius 1 is 0.533 bits per heavy atom. The molecule has 0 N–H and O–H groups in total. The second-order valence-corrected chi connectivity index (χ2v) is 19.5. The standard InChI is InChI=1S/C10H20.4ClH.Rh/c1-6-7(2)9(4)10(5)8(6)3;;;;;/h6-10H,1-5H3;4*1H;/q;;;;;+2/p-4. The first kappa shape index (κ1) is 16.8. The maximum absolute atomic E-state index is 4.99. The molecular formula is C10H20Cl4Rh-2. The van der Waals surface area contributed by atoms with Crippen LogP contribution in [-0.4, -0.2) is 0 Å². The molecule has 1 aliphatic carbocycles. The minimum absolute atomic E-state index is 0.935. The summed E-state index contributed by atoms with van der Waals surface area (Å²) in [4.78, 5) is 0. The van der Waals surface area contributed by atoms with Crippen molar-refractivity contribution in [1.29, 1.82) is 0 Å². The molecule has 0 aromatic rings. The molecule has 0 heterocycles. The molecule has 0 aromatic carbocycles. The molecule has 1 aliphatic rings. The molecule has 15 heavy (non-hydrogen) atoms. The van der Waals surface area contributed by atoms with Crippen molar-refractivity contribution < 1.29 is 10.8 Å². The topological polar surface area (TPSA) is 0 Å². The van der Waals surface area contributed by atoms with E-state index in [-0.39, 0.29) is 0 Å². The molecule has 1 saturated carbocycles. The Morgan fingerprint density at radius 3 is 0.667 bits per heavy atom. The number of rotatable bonds is 0. The van der Waals surface area contributed by atoms with Gasteiger partial charge < -0.3 is 0 Å². The molecule has 0 nitrogen and oxygen atoms in total. The van der Waals surface area contributed by atoms with E-state index in [9.17, 15) is 0 Å². The van der Waals surface area contributed by atoms with Crippen molar-refractivity contribution in [2.24, 2.45) is 29.6 Å². The summed E-state index contributed by atoms with van der Waals surface area (Å²) in [6.45, 7) is 12.0. The molecule has 0 atom stereocenters. The Kier molecular flexibility index (Phi) is 7.44. The van der Waals surface area contributed by atoms with Gasteiger partial charge in [-0.05, 0) is 29.6 Å². The molecule has 0 unspecified atom stereocenters. The summed E-state index contributed by atoms with van der Waals surface area (Å²) in [6, 6.07) is 0. The van der Waals surface area contributed by atoms with Crippen LogP contribution in [0.25, 0.3) is 0 Å². The molecule has 0 amide bonds. The van der Waals surface area contributed by atoms with Crippen molar-refractivity contribution in [3.05, 3.63) is 0 Å². The third-order valence-corrected chi connectivity index (χ3v) is 4.15. The molecule has 1 fully saturated rings. The molecule has 0 saturated heterocycles. The number of hydrogen-bond acceptors (Lipinski definition) is 0. The maximum atomic E-state index is 4.99. The van der Waals surface area contributed by atoms with Gasteiger partial charge in [-0.3, -0.25) is 0 Å². The summed E-state index contributed by atoms with van der Waals surface area (Å²) in [7, 11) is 17.1. The van der Waals surface area contributed by atoms with E-state index < -0.39 is 10.8 Å². The first-order chi connectivity index (χ1) is 6.55. The molecular weight excluding hydrogens is 365 g/mol. The summed E-state index contributed by atoms with van der Waals surface area (Å²) in [6.07, 6.45) is 0. The Balaban J connectivity index is 0.000000336. The van der Waals surface area contributed by atoms with E-state index >= 15 is 0 Å². The summed E-state index contributed by atoms with van der Waals surface area (Å²) >= 11 is 0. The van der Waals surface area contributed by atoms with Gasteiger partial charge >= 0.3 is 49.6 Å². The fourth-order valence-electron chi connectivity index (χ4n) is 2.39. The Morgan fingerprint density at radius 2 is 0.600 bits per heavy atom. The van der Waals surface area contributed by atoms with Gasteiger partial charge in [-0.1, -0.05) is 34.6 Å². The molecule has 0 radical (unpaired) electrons. The van der Waals surface area contributed by atoms with E-state index in [0.717, 1.165) is 29.6 Å². The first-order valence-corrected chi connectivity index (χ1v) is 13.5. The van der Waals surface area contributed by atoms with Crippen LogP contribution >= 0.6 is 38.8 Å². The summed E-state index contributed by atoms with van der Waals surface area (Å²) < 4.78 is 0. The van der Waals surface area contributed by atoms with Gasteiger partial charge in [-0.25, -0.2) is 0 Å². The average molecular weight is 385 g/mol. The van der Waals surface area contributed by atoms with E-state index in [2.05, 4.69) is 34.6 Å². The van der Waals surface area contributed by atoms with Gasteiger partial charge in [0.05, 0.1) is 0 Å². The van der Waals surface area contributed by atoms with Gasteiger partial charge in [-0.2, -0.15) is 0 Å². The van der Waals surface area contributed by atoms with Gasteiger partial charge in [0.15, 0.2) is 0 Å². The van der Waals surface area contributed by atoms with E-state index in [1.54, 1.807) is 0 Å². The zero-order valence-electron chi connectivity index (χ0n) is 9.73. The second-order valence-electron chi connectivity index (χ2n) is 4.58. The first-order valence-electron chi connectivity index (χ1n) is 5.06. The van der Waals surface area contributed by atoms with E-state index in [0.29, 0.717) is 0 Å². The third-order valence-electron chi connectivity index (χ3n) is 4.15. The van der Waals surface area contributed by atoms with Crippen LogP contribution in [0.5, 0.6) is 0 Å². The third kappa shape index (κ3) is 6.32. The molecule has 0 aromatic heterocycles. The molecule has 0 bridgehead atoms. The van der Waals surface area contributed by atoms with Crippen LogP contribution in [0.1, 0.15) is 34.6 Å². The molecule has 1 rings (SSSR count). The quantitative estimate of drug-likeness (QED) is 0.453. The summed E-state index contributed by atoms with van der Waals surface area (Å²) in [5, 5.41) is 0. The molecule has 0 spiro atoms. The van der Waals surface area contributed by atoms with Crippen LogP contribution in [0.15, 0.2) is 0 Å². The zero-order chi connectivity index (χ0) is 12.4. The summed E-state index contributed by atoms with van der Waals surface area (Å²) in [5.41, 5.74) is 0. The fraction of sp³-hybridized carbons (Fsp3) is 1.00. The SMILES string of the molecule is CC1C(C)C(C)C(C)C1C.[Cl][Rh-2]([Cl])([Cl])[Cl]. The van der Waals surface area contributed by atoms with Gasteiger partial charge in [0.25, 0.3) is 0 Å². The van der Waals surface area contributed by atoms with Crippen LogP contribution in [0.2, 0.25) is 0 Å². The van der Waals surface area contributed by atoms with E-state index in [1.807, 2.05) is 0 Å². The molecule has 5 heteroatoms. The summed E-state index contributed by atoms with van der Waals surface area (Å²) in [5.74, 6) is 4.68. The normalized spacial score (nSPS) is 42.1. The average Bonchev–Trinajstić information content (AvgIpc) is 2.21. The molecule has 99 valence electrons. The van der Waals surface area contributed by atoms with Gasteiger partial charge in [0, 0.05) is 0 Å². The molecule has 0 aliphatic heterocycles. The van der Waals surface area contributed by atoms with Crippen molar-refractivity contribution in [3.63, 3.8) is 0 Å². The van der Waals surface area contributed by atoms with E-state index in [4.69, 9.17) is 38.8 Å². The van der Waals surface area contributed by atoms with Gasteiger partial charge in [0.1, 0.15) is 0 Å². The predicted molar refractivity (Wildman–Crippen MR) is 69.2 cm³/mol. The Bertz CT molecular complexity index is 142. The van der Waals surface area contributed by atoms with Gasteiger partial charge in [0.2, 0.25) is 0 Å². The monoisotopic (exact) mass is 383 g/mol. The van der Waals surface area contributed by atoms with Gasteiger partial charge in [-0.15, -0.1) is 0 Å². The number of hydrogen-bond donors (Lipinski definition) is 0. The van der Waals surface area contributed by atoms with Crippen LogP contribution in [0, 0.1) is 29.6 Å². The van der Waals surface area contributed by atoms with Crippen LogP contribution < -0.4 is 0 Å². The van der Waals surface area contributed by atoms with Crippen LogP contribution in [-0.2, 0) is 10.8 Å². The van der Waals surface area contributed by atoms with Crippen molar-refractivity contribution in [2.75, 3.05) is 0 Å². The number of halogens is 4. The van der Waals surface area contributed by atoms with Crippen molar-refractivity contribution >= 4 is 38.8 Å². The fourth-order valence-corrected chi connectivity index (χ4v) is 2.39. The zero-order valence-corrected chi connectivity index (χ0v) is 14.4. The Hall–Kier alpha value is 1.78. The predicted octanol–water partition coefficient (Wildman–Crippen LogP) is 5.94. The van der Waals surface area contributed by atoms with Crippen molar-refractivity contribution in [3.8, 4) is 0 Å². The second kappa shape index (κ2) is 6.65. The Labute approximate surface area is 113 Å². The minimum atomic E-state index is -2.89. The van der Waals surface area contributed by atoms with Crippen LogP contribution in [0.3, 0.4) is 0 Å².